The van der Waals surface area contributed by atoms with Gasteiger partial charge in [-0.15, -0.1) is 0 Å². The number of H-pyrrole nitrogens is 2. The first-order valence-corrected chi connectivity index (χ1v) is 14.9. The molecule has 11 nitrogen and oxygen atoms in total. The van der Waals surface area contributed by atoms with Crippen LogP contribution in [0.25, 0.3) is 55.8 Å². The summed E-state index contributed by atoms with van der Waals surface area (Å²) in [5, 5.41) is 11.1. The lowest BCUT2D eigenvalue weighted by Crippen LogP contribution is -2.21. The molecule has 1 amide bonds. The minimum Gasteiger partial charge on any atom is -0.338 e. The number of aromatic nitrogens is 6. The van der Waals surface area contributed by atoms with Crippen LogP contribution in [0, 0.1) is 5.82 Å². The number of fused-ring (bicyclic) bond motifs is 2. The van der Waals surface area contributed by atoms with E-state index in [0.29, 0.717) is 57.0 Å². The lowest BCUT2D eigenvalue weighted by Gasteiger charge is -2.08. The number of nitrogens with zero attached hydrogens (tertiary/aromatic N) is 4. The van der Waals surface area contributed by atoms with Crippen molar-refractivity contribution in [1.82, 2.24) is 34.9 Å². The second kappa shape index (κ2) is 10.8. The normalized spacial score (nSPS) is 11.8. The van der Waals surface area contributed by atoms with Crippen LogP contribution in [0.2, 0.25) is 0 Å². The van der Waals surface area contributed by atoms with E-state index in [9.17, 15) is 17.6 Å². The van der Waals surface area contributed by atoms with E-state index in [-0.39, 0.29) is 12.5 Å². The van der Waals surface area contributed by atoms with Gasteiger partial charge < -0.3 is 10.3 Å². The van der Waals surface area contributed by atoms with E-state index in [1.165, 1.54) is 12.1 Å². The van der Waals surface area contributed by atoms with Gasteiger partial charge in [0.05, 0.1) is 35.0 Å². The zero-order valence-electron chi connectivity index (χ0n) is 22.6. The lowest BCUT2D eigenvalue weighted by atomic mass is 10.0. The molecule has 0 aliphatic carbocycles. The van der Waals surface area contributed by atoms with Crippen molar-refractivity contribution in [1.29, 1.82) is 0 Å². The summed E-state index contributed by atoms with van der Waals surface area (Å²) in [6, 6.07) is 13.6. The number of anilines is 1. The monoisotopic (exact) mass is 584 g/mol. The van der Waals surface area contributed by atoms with E-state index in [1.807, 2.05) is 24.3 Å². The molecular weight excluding hydrogens is 559 g/mol. The highest BCUT2D eigenvalue weighted by molar-refractivity contribution is 7.88. The van der Waals surface area contributed by atoms with Crippen LogP contribution >= 0.6 is 0 Å². The molecule has 0 saturated carbocycles. The molecule has 42 heavy (non-hydrogen) atoms. The van der Waals surface area contributed by atoms with Gasteiger partial charge in [-0.2, -0.15) is 5.10 Å². The number of pyridine rings is 3. The van der Waals surface area contributed by atoms with Crippen LogP contribution in [0.15, 0.2) is 67.1 Å². The maximum atomic E-state index is 14.6. The molecule has 1 aromatic carbocycles. The van der Waals surface area contributed by atoms with Crippen molar-refractivity contribution in [3.05, 3.63) is 78.5 Å². The number of nitrogens with one attached hydrogen (secondary N) is 4. The number of carbonyl (C=O) groups is 1. The summed E-state index contributed by atoms with van der Waals surface area (Å²) >= 11 is 0. The van der Waals surface area contributed by atoms with Crippen LogP contribution in [0.1, 0.15) is 18.9 Å². The van der Waals surface area contributed by atoms with E-state index in [2.05, 4.69) is 35.2 Å². The Kier molecular flexibility index (Phi) is 6.96. The number of halogens is 1. The highest BCUT2D eigenvalue weighted by Crippen LogP contribution is 2.34. The minimum absolute atomic E-state index is 0.0349. The second-order valence-corrected chi connectivity index (χ2v) is 11.6. The minimum atomic E-state index is -3.44. The summed E-state index contributed by atoms with van der Waals surface area (Å²) < 4.78 is 40.1. The molecule has 6 rings (SSSR count). The molecule has 0 aliphatic rings. The van der Waals surface area contributed by atoms with Crippen molar-refractivity contribution < 1.29 is 17.6 Å². The van der Waals surface area contributed by atoms with E-state index in [1.54, 1.807) is 37.6 Å². The molecule has 0 bridgehead atoms. The van der Waals surface area contributed by atoms with Crippen LogP contribution in [0.5, 0.6) is 0 Å². The highest BCUT2D eigenvalue weighted by Gasteiger charge is 2.17. The third kappa shape index (κ3) is 5.60. The SMILES string of the molecule is CCC(=O)Nc1cncc(-c2ccc3[nH]nc(-c4cc5c(-c6cc(F)cc(CNS(C)(=O)=O)c6)ccnc5[nH]4)c3n2)c1. The van der Waals surface area contributed by atoms with Gasteiger partial charge in [-0.1, -0.05) is 6.92 Å². The molecule has 6 aromatic rings. The summed E-state index contributed by atoms with van der Waals surface area (Å²) in [6.07, 6.45) is 6.28. The standard InChI is InChI=1S/C29H25FN8O3S/c1-3-26(39)34-20-11-18(14-31-15-20)23-4-5-24-27(35-23)28(38-37-24)25-12-22-21(6-7-32-29(22)36-25)17-8-16(9-19(30)10-17)13-33-42(2,40)41/h4-12,14-15,33H,3,13H2,1-2H3,(H,32,36)(H,34,39)(H,37,38). The van der Waals surface area contributed by atoms with Crippen molar-refractivity contribution in [2.75, 3.05) is 11.6 Å². The molecule has 0 radical (unpaired) electrons. The molecule has 0 aliphatic heterocycles. The van der Waals surface area contributed by atoms with Gasteiger partial charge in [0, 0.05) is 36.3 Å². The fraction of sp³-hybridized carbons (Fsp3) is 0.138. The fourth-order valence-electron chi connectivity index (χ4n) is 4.67. The number of carbonyl (C=O) groups excluding carboxylic acids is 1. The zero-order chi connectivity index (χ0) is 29.4. The van der Waals surface area contributed by atoms with E-state index >= 15 is 0 Å². The van der Waals surface area contributed by atoms with Gasteiger partial charge in [0.2, 0.25) is 15.9 Å². The summed E-state index contributed by atoms with van der Waals surface area (Å²) in [5.74, 6) is -0.595. The molecule has 4 N–H and O–H groups in total. The predicted octanol–water partition coefficient (Wildman–Crippen LogP) is 4.77. The van der Waals surface area contributed by atoms with Gasteiger partial charge in [0.1, 0.15) is 22.7 Å². The molecular formula is C29H25FN8O3S. The van der Waals surface area contributed by atoms with Crippen LogP contribution in [-0.2, 0) is 21.4 Å². The third-order valence-corrected chi connectivity index (χ3v) is 7.31. The Balaban J connectivity index is 1.39. The Hall–Kier alpha value is -5.01. The number of hydrogen-bond donors (Lipinski definition) is 4. The first-order valence-electron chi connectivity index (χ1n) is 13.0. The maximum Gasteiger partial charge on any atom is 0.224 e. The predicted molar refractivity (Wildman–Crippen MR) is 158 cm³/mol. The van der Waals surface area contributed by atoms with Crippen molar-refractivity contribution in [2.45, 2.75) is 19.9 Å². The van der Waals surface area contributed by atoms with E-state index < -0.39 is 15.8 Å². The summed E-state index contributed by atoms with van der Waals surface area (Å²) in [6.45, 7) is 1.74. The molecule has 0 saturated heterocycles. The fourth-order valence-corrected chi connectivity index (χ4v) is 5.10. The second-order valence-electron chi connectivity index (χ2n) is 9.77. The lowest BCUT2D eigenvalue weighted by molar-refractivity contribution is -0.115. The van der Waals surface area contributed by atoms with Crippen molar-refractivity contribution in [2.24, 2.45) is 0 Å². The van der Waals surface area contributed by atoms with Crippen LogP contribution < -0.4 is 10.0 Å². The van der Waals surface area contributed by atoms with Gasteiger partial charge in [-0.05, 0) is 65.2 Å². The maximum absolute atomic E-state index is 14.6. The van der Waals surface area contributed by atoms with Gasteiger partial charge in [-0.25, -0.2) is 27.5 Å². The molecule has 5 aromatic heterocycles. The number of rotatable bonds is 8. The molecule has 0 fully saturated rings. The molecule has 5 heterocycles. The average molecular weight is 585 g/mol. The van der Waals surface area contributed by atoms with Crippen molar-refractivity contribution >= 4 is 43.7 Å². The Morgan fingerprint density at radius 1 is 1.05 bits per heavy atom. The van der Waals surface area contributed by atoms with Crippen LogP contribution in [0.4, 0.5) is 10.1 Å². The summed E-state index contributed by atoms with van der Waals surface area (Å²) in [4.78, 5) is 28.7. The van der Waals surface area contributed by atoms with Gasteiger partial charge in [0.25, 0.3) is 0 Å². The third-order valence-electron chi connectivity index (χ3n) is 6.64. The van der Waals surface area contributed by atoms with Crippen molar-refractivity contribution in [3.8, 4) is 33.8 Å². The van der Waals surface area contributed by atoms with Crippen LogP contribution in [0.3, 0.4) is 0 Å². The largest absolute Gasteiger partial charge is 0.338 e. The van der Waals surface area contributed by atoms with Crippen molar-refractivity contribution in [3.63, 3.8) is 0 Å². The molecule has 0 atom stereocenters. The highest BCUT2D eigenvalue weighted by atomic mass is 32.2. The van der Waals surface area contributed by atoms with E-state index in [0.717, 1.165) is 22.7 Å². The van der Waals surface area contributed by atoms with Gasteiger partial charge in [-0.3, -0.25) is 14.9 Å². The Labute approximate surface area is 239 Å². The van der Waals surface area contributed by atoms with Crippen LogP contribution in [-0.4, -0.2) is 50.7 Å². The number of amides is 1. The number of benzene rings is 1. The summed E-state index contributed by atoms with van der Waals surface area (Å²) in [7, 11) is -3.44. The Bertz CT molecular complexity index is 2090. The molecule has 13 heteroatoms. The zero-order valence-corrected chi connectivity index (χ0v) is 23.4. The first-order chi connectivity index (χ1) is 20.2. The number of sulfonamides is 1. The smallest absolute Gasteiger partial charge is 0.224 e. The Morgan fingerprint density at radius 2 is 1.90 bits per heavy atom. The summed E-state index contributed by atoms with van der Waals surface area (Å²) in [5.41, 5.74) is 6.85. The Morgan fingerprint density at radius 3 is 2.71 bits per heavy atom. The quantitative estimate of drug-likeness (QED) is 0.201. The van der Waals surface area contributed by atoms with Gasteiger partial charge >= 0.3 is 0 Å². The van der Waals surface area contributed by atoms with Gasteiger partial charge in [0.15, 0.2) is 0 Å². The number of hydrogen-bond acceptors (Lipinski definition) is 7. The molecule has 212 valence electrons. The molecule has 0 unspecified atom stereocenters. The number of aromatic amines is 2. The first kappa shape index (κ1) is 27.2. The molecule has 0 spiro atoms. The van der Waals surface area contributed by atoms with E-state index in [4.69, 9.17) is 4.98 Å². The average Bonchev–Trinajstić information content (AvgIpc) is 3.59. The topological polar surface area (TPSA) is 158 Å².